The minimum atomic E-state index is -1.13. The number of carbonyl (C=O) groups excluding carboxylic acids is 2. The number of thioether (sulfide) groups is 1. The number of likely N-dealkylation sites (tertiary alicyclic amines) is 1. The first-order valence-corrected chi connectivity index (χ1v) is 13.0. The van der Waals surface area contributed by atoms with Crippen molar-refractivity contribution in [2.45, 2.75) is 30.2 Å². The Morgan fingerprint density at radius 2 is 1.77 bits per heavy atom. The Balaban J connectivity index is 1.53. The molecule has 0 saturated carbocycles. The molecule has 2 aromatic carbocycles. The van der Waals surface area contributed by atoms with E-state index in [0.29, 0.717) is 47.1 Å². The Hall–Kier alpha value is -2.68. The first-order valence-electron chi connectivity index (χ1n) is 11.0. The highest BCUT2D eigenvalue weighted by molar-refractivity contribution is 7.98. The Labute approximate surface area is 218 Å². The minimum absolute atomic E-state index is 0.0845. The second-order valence-corrected chi connectivity index (χ2v) is 9.79. The molecule has 0 bridgehead atoms. The summed E-state index contributed by atoms with van der Waals surface area (Å²) in [5.41, 5.74) is 1.33. The Kier molecular flexibility index (Phi) is 9.48. The van der Waals surface area contributed by atoms with E-state index in [1.165, 1.54) is 30.0 Å². The van der Waals surface area contributed by atoms with Gasteiger partial charge in [-0.15, -0.1) is 11.8 Å². The minimum Gasteiger partial charge on any atom is -0.508 e. The van der Waals surface area contributed by atoms with E-state index in [-0.39, 0.29) is 29.9 Å². The van der Waals surface area contributed by atoms with Crippen LogP contribution in [-0.2, 0) is 20.8 Å². The van der Waals surface area contributed by atoms with Crippen molar-refractivity contribution in [3.63, 3.8) is 0 Å². The van der Waals surface area contributed by atoms with Crippen molar-refractivity contribution in [2.75, 3.05) is 19.3 Å². The van der Waals surface area contributed by atoms with E-state index in [0.717, 1.165) is 4.90 Å². The van der Waals surface area contributed by atoms with Crippen molar-refractivity contribution in [1.82, 2.24) is 10.2 Å². The second-order valence-electron chi connectivity index (χ2n) is 8.19. The SMILES string of the molecule is CSc1ccc(/C=C/C(=O)N2CCC(C(=O)NC(Cc3ccc(O)cc3)C(=O)O)CC2)c(Cl)c1Cl. The van der Waals surface area contributed by atoms with Crippen molar-refractivity contribution in [3.05, 3.63) is 63.6 Å². The van der Waals surface area contributed by atoms with Gasteiger partial charge in [0.25, 0.3) is 0 Å². The average molecular weight is 537 g/mol. The number of halogens is 2. The molecule has 1 fully saturated rings. The summed E-state index contributed by atoms with van der Waals surface area (Å²) in [4.78, 5) is 39.5. The maximum Gasteiger partial charge on any atom is 0.326 e. The maximum absolute atomic E-state index is 12.7. The summed E-state index contributed by atoms with van der Waals surface area (Å²) >= 11 is 14.0. The van der Waals surface area contributed by atoms with Gasteiger partial charge < -0.3 is 20.4 Å². The van der Waals surface area contributed by atoms with E-state index in [2.05, 4.69) is 5.32 Å². The predicted octanol–water partition coefficient (Wildman–Crippen LogP) is 4.48. The van der Waals surface area contributed by atoms with Crippen LogP contribution < -0.4 is 5.32 Å². The number of aliphatic carboxylic acids is 1. The Morgan fingerprint density at radius 1 is 1.11 bits per heavy atom. The quantitative estimate of drug-likeness (QED) is 0.339. The molecule has 1 saturated heterocycles. The van der Waals surface area contributed by atoms with Gasteiger partial charge in [0.15, 0.2) is 0 Å². The number of hydrogen-bond donors (Lipinski definition) is 3. The number of amides is 2. The fourth-order valence-corrected chi connectivity index (χ4v) is 4.99. The molecule has 0 aromatic heterocycles. The van der Waals surface area contributed by atoms with Crippen LogP contribution in [0.5, 0.6) is 5.75 Å². The van der Waals surface area contributed by atoms with Crippen molar-refractivity contribution >= 4 is 58.8 Å². The number of benzene rings is 2. The summed E-state index contributed by atoms with van der Waals surface area (Å²) in [5.74, 6) is -1.96. The van der Waals surface area contributed by atoms with Crippen molar-refractivity contribution in [3.8, 4) is 5.75 Å². The third-order valence-corrected chi connectivity index (χ3v) is 7.66. The molecular formula is C25H26Cl2N2O5S. The van der Waals surface area contributed by atoms with Gasteiger partial charge in [-0.2, -0.15) is 0 Å². The lowest BCUT2D eigenvalue weighted by Gasteiger charge is -2.31. The smallest absolute Gasteiger partial charge is 0.326 e. The monoisotopic (exact) mass is 536 g/mol. The first kappa shape index (κ1) is 26.9. The lowest BCUT2D eigenvalue weighted by molar-refractivity contribution is -0.142. The number of rotatable bonds is 8. The summed E-state index contributed by atoms with van der Waals surface area (Å²) in [5, 5.41) is 22.4. The zero-order chi connectivity index (χ0) is 25.5. The van der Waals surface area contributed by atoms with Gasteiger partial charge in [0, 0.05) is 36.4 Å². The number of nitrogens with zero attached hydrogens (tertiary/aromatic N) is 1. The molecule has 186 valence electrons. The fraction of sp³-hybridized carbons (Fsp3) is 0.320. The molecule has 10 heteroatoms. The molecule has 35 heavy (non-hydrogen) atoms. The Morgan fingerprint density at radius 3 is 2.37 bits per heavy atom. The summed E-state index contributed by atoms with van der Waals surface area (Å²) < 4.78 is 0. The Bertz CT molecular complexity index is 1120. The molecule has 0 radical (unpaired) electrons. The van der Waals surface area contributed by atoms with Gasteiger partial charge in [0.1, 0.15) is 11.8 Å². The first-order chi connectivity index (χ1) is 16.7. The van der Waals surface area contributed by atoms with Crippen LogP contribution in [-0.4, -0.2) is 58.3 Å². The zero-order valence-electron chi connectivity index (χ0n) is 19.0. The van der Waals surface area contributed by atoms with Gasteiger partial charge in [-0.1, -0.05) is 41.4 Å². The summed E-state index contributed by atoms with van der Waals surface area (Å²) in [6, 6.07) is 8.75. The zero-order valence-corrected chi connectivity index (χ0v) is 21.4. The highest BCUT2D eigenvalue weighted by Gasteiger charge is 2.29. The largest absolute Gasteiger partial charge is 0.508 e. The highest BCUT2D eigenvalue weighted by atomic mass is 35.5. The summed E-state index contributed by atoms with van der Waals surface area (Å²) in [6.45, 7) is 0.772. The van der Waals surface area contributed by atoms with E-state index in [1.54, 1.807) is 29.2 Å². The number of carbonyl (C=O) groups is 3. The van der Waals surface area contributed by atoms with Gasteiger partial charge in [-0.25, -0.2) is 4.79 Å². The molecule has 0 spiro atoms. The number of carboxylic acid groups (broad SMARTS) is 1. The van der Waals surface area contributed by atoms with Crippen LogP contribution in [0, 0.1) is 5.92 Å². The van der Waals surface area contributed by atoms with E-state index in [1.807, 2.05) is 12.3 Å². The standard InChI is InChI=1S/C25H26Cl2N2O5S/c1-35-20-8-4-16(22(26)23(20)27)5-9-21(31)29-12-10-17(11-13-29)24(32)28-19(25(33)34)14-15-2-6-18(30)7-3-15/h2-9,17,19,30H,10-14H2,1H3,(H,28,32)(H,33,34)/b9-5+. The van der Waals surface area contributed by atoms with E-state index >= 15 is 0 Å². The number of hydrogen-bond acceptors (Lipinski definition) is 5. The third-order valence-electron chi connectivity index (χ3n) is 5.87. The molecule has 1 heterocycles. The molecule has 2 amide bonds. The number of aromatic hydroxyl groups is 1. The molecule has 1 unspecified atom stereocenters. The van der Waals surface area contributed by atoms with Gasteiger partial charge in [0.05, 0.1) is 10.0 Å². The number of carboxylic acids is 1. The lowest BCUT2D eigenvalue weighted by Crippen LogP contribution is -2.48. The molecule has 1 aliphatic heterocycles. The molecule has 3 N–H and O–H groups in total. The normalized spacial score (nSPS) is 15.2. The van der Waals surface area contributed by atoms with E-state index in [4.69, 9.17) is 23.2 Å². The number of piperidine rings is 1. The van der Waals surface area contributed by atoms with Gasteiger partial charge in [-0.05, 0) is 54.5 Å². The van der Waals surface area contributed by atoms with Crippen molar-refractivity contribution in [2.24, 2.45) is 5.92 Å². The van der Waals surface area contributed by atoms with Gasteiger partial charge in [-0.3, -0.25) is 9.59 Å². The van der Waals surface area contributed by atoms with Crippen LogP contribution in [0.15, 0.2) is 47.4 Å². The molecule has 1 aliphatic rings. The number of nitrogens with one attached hydrogen (secondary N) is 1. The topological polar surface area (TPSA) is 107 Å². The molecular weight excluding hydrogens is 511 g/mol. The van der Waals surface area contributed by atoms with E-state index < -0.39 is 12.0 Å². The molecule has 1 atom stereocenters. The molecule has 2 aromatic rings. The van der Waals surface area contributed by atoms with Crippen LogP contribution in [0.1, 0.15) is 24.0 Å². The second kappa shape index (κ2) is 12.3. The van der Waals surface area contributed by atoms with Crippen LogP contribution in [0.4, 0.5) is 0 Å². The van der Waals surface area contributed by atoms with Gasteiger partial charge in [0.2, 0.25) is 11.8 Å². The van der Waals surface area contributed by atoms with Crippen LogP contribution in [0.2, 0.25) is 10.0 Å². The molecule has 0 aliphatic carbocycles. The number of phenolic OH excluding ortho intramolecular Hbond substituents is 1. The van der Waals surface area contributed by atoms with Crippen molar-refractivity contribution in [1.29, 1.82) is 0 Å². The maximum atomic E-state index is 12.7. The molecule has 7 nitrogen and oxygen atoms in total. The van der Waals surface area contributed by atoms with Crippen molar-refractivity contribution < 1.29 is 24.6 Å². The van der Waals surface area contributed by atoms with Crippen LogP contribution in [0.3, 0.4) is 0 Å². The number of phenols is 1. The lowest BCUT2D eigenvalue weighted by atomic mass is 9.95. The summed E-state index contributed by atoms with van der Waals surface area (Å²) in [6.07, 6.45) is 5.94. The highest BCUT2D eigenvalue weighted by Crippen LogP contribution is 2.35. The fourth-order valence-electron chi connectivity index (χ4n) is 3.82. The summed E-state index contributed by atoms with van der Waals surface area (Å²) in [7, 11) is 0. The van der Waals surface area contributed by atoms with Crippen LogP contribution >= 0.6 is 35.0 Å². The molecule has 3 rings (SSSR count). The van der Waals surface area contributed by atoms with E-state index in [9.17, 15) is 24.6 Å². The van der Waals surface area contributed by atoms with Gasteiger partial charge >= 0.3 is 5.97 Å². The van der Waals surface area contributed by atoms with Crippen LogP contribution in [0.25, 0.3) is 6.08 Å². The average Bonchev–Trinajstić information content (AvgIpc) is 2.85. The third kappa shape index (κ3) is 7.16. The predicted molar refractivity (Wildman–Crippen MR) is 138 cm³/mol.